The first-order chi connectivity index (χ1) is 9.27. The van der Waals surface area contributed by atoms with Gasteiger partial charge in [0, 0.05) is 24.2 Å². The molecule has 20 heavy (non-hydrogen) atoms. The van der Waals surface area contributed by atoms with Crippen LogP contribution in [0.5, 0.6) is 11.5 Å². The van der Waals surface area contributed by atoms with Gasteiger partial charge >= 0.3 is 6.29 Å². The third-order valence-corrected chi connectivity index (χ3v) is 2.96. The minimum Gasteiger partial charge on any atom is -0.395 e. The molecule has 0 saturated heterocycles. The number of hydrogen-bond acceptors (Lipinski definition) is 4. The van der Waals surface area contributed by atoms with Crippen LogP contribution in [-0.4, -0.2) is 18.2 Å². The summed E-state index contributed by atoms with van der Waals surface area (Å²) in [4.78, 5) is 11.7. The zero-order valence-corrected chi connectivity index (χ0v) is 11.2. The number of ether oxygens (including phenoxy) is 2. The fraction of sp³-hybridized carbons (Fsp3) is 0.462. The molecule has 1 aliphatic heterocycles. The molecule has 0 spiro atoms. The number of alkyl halides is 2. The SMILES string of the molecule is CC(C)C(N)CC(=O)Nc1ccc2c(c1)OC(F)(F)O2. The molecule has 0 fully saturated rings. The second-order valence-electron chi connectivity index (χ2n) is 4.99. The molecule has 1 atom stereocenters. The molecular formula is C13H16F2N2O3. The number of nitrogens with one attached hydrogen (secondary N) is 1. The first kappa shape index (κ1) is 14.5. The molecule has 7 heteroatoms. The van der Waals surface area contributed by atoms with Gasteiger partial charge in [0.25, 0.3) is 0 Å². The van der Waals surface area contributed by atoms with Crippen molar-refractivity contribution in [3.63, 3.8) is 0 Å². The number of anilines is 1. The van der Waals surface area contributed by atoms with Crippen LogP contribution in [0.15, 0.2) is 18.2 Å². The summed E-state index contributed by atoms with van der Waals surface area (Å²) in [5.74, 6) is -0.277. The smallest absolute Gasteiger partial charge is 0.395 e. The van der Waals surface area contributed by atoms with Gasteiger partial charge in [-0.05, 0) is 18.1 Å². The van der Waals surface area contributed by atoms with E-state index in [0.717, 1.165) is 0 Å². The minimum absolute atomic E-state index is 0.0631. The van der Waals surface area contributed by atoms with Crippen molar-refractivity contribution in [2.45, 2.75) is 32.6 Å². The number of benzene rings is 1. The van der Waals surface area contributed by atoms with Gasteiger partial charge in [0.2, 0.25) is 5.91 Å². The summed E-state index contributed by atoms with van der Waals surface area (Å²) in [5.41, 5.74) is 6.14. The first-order valence-corrected chi connectivity index (χ1v) is 6.22. The number of carbonyl (C=O) groups is 1. The van der Waals surface area contributed by atoms with Crippen molar-refractivity contribution in [2.75, 3.05) is 5.32 Å². The summed E-state index contributed by atoms with van der Waals surface area (Å²) in [5, 5.41) is 2.59. The van der Waals surface area contributed by atoms with E-state index in [1.165, 1.54) is 18.2 Å². The molecule has 110 valence electrons. The maximum Gasteiger partial charge on any atom is 0.586 e. The summed E-state index contributed by atoms with van der Waals surface area (Å²) < 4.78 is 34.3. The molecular weight excluding hydrogens is 270 g/mol. The van der Waals surface area contributed by atoms with Crippen LogP contribution in [0.2, 0.25) is 0 Å². The van der Waals surface area contributed by atoms with Crippen LogP contribution < -0.4 is 20.5 Å². The Morgan fingerprint density at radius 1 is 1.35 bits per heavy atom. The van der Waals surface area contributed by atoms with E-state index in [4.69, 9.17) is 5.73 Å². The topological polar surface area (TPSA) is 73.6 Å². The van der Waals surface area contributed by atoms with Gasteiger partial charge in [-0.3, -0.25) is 4.79 Å². The summed E-state index contributed by atoms with van der Waals surface area (Å²) in [6, 6.07) is 3.81. The van der Waals surface area contributed by atoms with Crippen LogP contribution >= 0.6 is 0 Å². The van der Waals surface area contributed by atoms with Gasteiger partial charge in [0.05, 0.1) is 0 Å². The van der Waals surface area contributed by atoms with Gasteiger partial charge in [-0.25, -0.2) is 0 Å². The Bertz CT molecular complexity index is 520. The summed E-state index contributed by atoms with van der Waals surface area (Å²) in [6.07, 6.45) is -3.51. The molecule has 0 radical (unpaired) electrons. The van der Waals surface area contributed by atoms with E-state index in [-0.39, 0.29) is 35.8 Å². The van der Waals surface area contributed by atoms with E-state index in [1.807, 2.05) is 13.8 Å². The average Bonchev–Trinajstić information content (AvgIpc) is 2.61. The van der Waals surface area contributed by atoms with Crippen molar-refractivity contribution >= 4 is 11.6 Å². The molecule has 5 nitrogen and oxygen atoms in total. The Hall–Kier alpha value is -1.89. The Morgan fingerprint density at radius 2 is 2.00 bits per heavy atom. The molecule has 0 saturated carbocycles. The largest absolute Gasteiger partial charge is 0.586 e. The number of fused-ring (bicyclic) bond motifs is 1. The number of halogens is 2. The van der Waals surface area contributed by atoms with E-state index in [1.54, 1.807) is 0 Å². The number of amides is 1. The minimum atomic E-state index is -3.66. The molecule has 1 heterocycles. The van der Waals surface area contributed by atoms with Crippen LogP contribution in [-0.2, 0) is 4.79 Å². The summed E-state index contributed by atoms with van der Waals surface area (Å²) in [6.45, 7) is 3.83. The fourth-order valence-electron chi connectivity index (χ4n) is 1.69. The van der Waals surface area contributed by atoms with Gasteiger partial charge in [0.1, 0.15) is 0 Å². The van der Waals surface area contributed by atoms with Crippen LogP contribution in [0.1, 0.15) is 20.3 Å². The lowest BCUT2D eigenvalue weighted by Crippen LogP contribution is -2.31. The van der Waals surface area contributed by atoms with Crippen LogP contribution in [0.3, 0.4) is 0 Å². The van der Waals surface area contributed by atoms with Gasteiger partial charge < -0.3 is 20.5 Å². The zero-order chi connectivity index (χ0) is 14.9. The van der Waals surface area contributed by atoms with Crippen LogP contribution in [0, 0.1) is 5.92 Å². The van der Waals surface area contributed by atoms with Crippen molar-refractivity contribution in [2.24, 2.45) is 11.7 Å². The highest BCUT2D eigenvalue weighted by Crippen LogP contribution is 2.42. The van der Waals surface area contributed by atoms with Crippen molar-refractivity contribution in [3.8, 4) is 11.5 Å². The summed E-state index contributed by atoms with van der Waals surface area (Å²) in [7, 11) is 0. The molecule has 1 unspecified atom stereocenters. The van der Waals surface area contributed by atoms with Gasteiger partial charge in [-0.1, -0.05) is 13.8 Å². The lowest BCUT2D eigenvalue weighted by molar-refractivity contribution is -0.286. The van der Waals surface area contributed by atoms with Crippen molar-refractivity contribution in [1.29, 1.82) is 0 Å². The highest BCUT2D eigenvalue weighted by Gasteiger charge is 2.43. The fourth-order valence-corrected chi connectivity index (χ4v) is 1.69. The molecule has 2 rings (SSSR count). The summed E-state index contributed by atoms with van der Waals surface area (Å²) >= 11 is 0. The second kappa shape index (κ2) is 5.24. The van der Waals surface area contributed by atoms with Crippen molar-refractivity contribution < 1.29 is 23.0 Å². The highest BCUT2D eigenvalue weighted by atomic mass is 19.3. The standard InChI is InChI=1S/C13H16F2N2O3/c1-7(2)9(16)6-12(18)17-8-3-4-10-11(5-8)20-13(14,15)19-10/h3-5,7,9H,6,16H2,1-2H3,(H,17,18). The Kier molecular flexibility index (Phi) is 3.80. The monoisotopic (exact) mass is 286 g/mol. The van der Waals surface area contributed by atoms with Gasteiger partial charge in [0.15, 0.2) is 11.5 Å². The van der Waals surface area contributed by atoms with Crippen LogP contribution in [0.25, 0.3) is 0 Å². The van der Waals surface area contributed by atoms with Crippen LogP contribution in [0.4, 0.5) is 14.5 Å². The molecule has 1 aromatic carbocycles. The van der Waals surface area contributed by atoms with E-state index in [9.17, 15) is 13.6 Å². The van der Waals surface area contributed by atoms with Gasteiger partial charge in [-0.2, -0.15) is 0 Å². The Labute approximate surface area is 115 Å². The zero-order valence-electron chi connectivity index (χ0n) is 11.2. The van der Waals surface area contributed by atoms with E-state index in [2.05, 4.69) is 14.8 Å². The van der Waals surface area contributed by atoms with E-state index >= 15 is 0 Å². The quantitative estimate of drug-likeness (QED) is 0.891. The number of rotatable bonds is 4. The highest BCUT2D eigenvalue weighted by molar-refractivity contribution is 5.91. The Balaban J connectivity index is 2.00. The number of hydrogen-bond donors (Lipinski definition) is 2. The molecule has 1 amide bonds. The third kappa shape index (κ3) is 3.36. The third-order valence-electron chi connectivity index (χ3n) is 2.96. The molecule has 1 aromatic rings. The van der Waals surface area contributed by atoms with Gasteiger partial charge in [-0.15, -0.1) is 8.78 Å². The first-order valence-electron chi connectivity index (χ1n) is 6.22. The van der Waals surface area contributed by atoms with Crippen molar-refractivity contribution in [3.05, 3.63) is 18.2 Å². The maximum absolute atomic E-state index is 12.8. The lowest BCUT2D eigenvalue weighted by Gasteiger charge is -2.15. The maximum atomic E-state index is 12.8. The molecule has 0 aliphatic carbocycles. The van der Waals surface area contributed by atoms with E-state index < -0.39 is 6.29 Å². The normalized spacial score (nSPS) is 17.1. The Morgan fingerprint density at radius 3 is 2.65 bits per heavy atom. The molecule has 0 aromatic heterocycles. The molecule has 3 N–H and O–H groups in total. The average molecular weight is 286 g/mol. The predicted octanol–water partition coefficient (Wildman–Crippen LogP) is 2.32. The molecule has 0 bridgehead atoms. The molecule has 1 aliphatic rings. The predicted molar refractivity (Wildman–Crippen MR) is 68.7 cm³/mol. The van der Waals surface area contributed by atoms with E-state index in [0.29, 0.717) is 5.69 Å². The van der Waals surface area contributed by atoms with Crippen molar-refractivity contribution in [1.82, 2.24) is 0 Å². The number of carbonyl (C=O) groups excluding carboxylic acids is 1. The second-order valence-corrected chi connectivity index (χ2v) is 4.99. The number of nitrogens with two attached hydrogens (primary N) is 1. The lowest BCUT2D eigenvalue weighted by atomic mass is 10.0.